The van der Waals surface area contributed by atoms with Gasteiger partial charge in [0, 0.05) is 24.2 Å². The normalized spacial score (nSPS) is 58.4. The van der Waals surface area contributed by atoms with Gasteiger partial charge in [0.15, 0.2) is 24.7 Å². The fourth-order valence-electron chi connectivity index (χ4n) is 13.8. The molecule has 0 aromatic heterocycles. The quantitative estimate of drug-likeness (QED) is 0.175. The first kappa shape index (κ1) is 45.0. The van der Waals surface area contributed by atoms with Crippen molar-refractivity contribution in [2.45, 2.75) is 209 Å². The molecule has 4 aliphatic carbocycles. The van der Waals surface area contributed by atoms with E-state index in [4.69, 9.17) is 37.9 Å². The Morgan fingerprint density at radius 1 is 0.689 bits per heavy atom. The topological polar surface area (TPSA) is 236 Å². The van der Waals surface area contributed by atoms with Gasteiger partial charge in [0.05, 0.1) is 43.2 Å². The lowest BCUT2D eigenvalue weighted by Crippen LogP contribution is -2.65. The Morgan fingerprint density at radius 2 is 1.30 bits per heavy atom. The summed E-state index contributed by atoms with van der Waals surface area (Å²) >= 11 is 0. The molecule has 0 amide bonds. The molecule has 5 heterocycles. The van der Waals surface area contributed by atoms with Gasteiger partial charge in [-0.3, -0.25) is 0 Å². The van der Waals surface area contributed by atoms with E-state index < -0.39 is 116 Å². The zero-order chi connectivity index (χ0) is 43.7. The zero-order valence-corrected chi connectivity index (χ0v) is 36.3. The minimum Gasteiger partial charge on any atom is -0.388 e. The maximum atomic E-state index is 11.6. The summed E-state index contributed by atoms with van der Waals surface area (Å²) in [7, 11) is 0. The Labute approximate surface area is 358 Å². The summed E-state index contributed by atoms with van der Waals surface area (Å²) < 4.78 is 51.2. The van der Waals surface area contributed by atoms with Crippen LogP contribution >= 0.6 is 0 Å². The van der Waals surface area contributed by atoms with Crippen LogP contribution in [0.25, 0.3) is 0 Å². The zero-order valence-electron chi connectivity index (χ0n) is 36.3. The van der Waals surface area contributed by atoms with Crippen LogP contribution in [0.3, 0.4) is 0 Å². The minimum absolute atomic E-state index is 0.0265. The number of allylic oxidation sites excluding steroid dienone is 1. The highest BCUT2D eigenvalue weighted by Crippen LogP contribution is 2.71. The first-order valence-electron chi connectivity index (χ1n) is 22.8. The molecule has 5 aliphatic heterocycles. The molecule has 3 unspecified atom stereocenters. The van der Waals surface area contributed by atoms with Gasteiger partial charge < -0.3 is 78.7 Å². The van der Waals surface area contributed by atoms with Gasteiger partial charge >= 0.3 is 0 Å². The first-order chi connectivity index (χ1) is 28.8. The van der Waals surface area contributed by atoms with Crippen molar-refractivity contribution in [1.82, 2.24) is 0 Å². The lowest BCUT2D eigenvalue weighted by atomic mass is 9.46. The van der Waals surface area contributed by atoms with E-state index in [0.29, 0.717) is 37.2 Å². The van der Waals surface area contributed by atoms with Crippen LogP contribution in [0.2, 0.25) is 0 Å². The van der Waals surface area contributed by atoms with Crippen LogP contribution in [0, 0.1) is 40.4 Å². The molecule has 0 radical (unpaired) electrons. The van der Waals surface area contributed by atoms with Crippen molar-refractivity contribution in [3.8, 4) is 0 Å². The molecule has 9 rings (SSSR count). The predicted octanol–water partition coefficient (Wildman–Crippen LogP) is 1.16. The van der Waals surface area contributed by atoms with Crippen LogP contribution in [0.4, 0.5) is 0 Å². The summed E-state index contributed by atoms with van der Waals surface area (Å²) in [5, 5.41) is 86.5. The molecule has 3 saturated carbocycles. The summed E-state index contributed by atoms with van der Waals surface area (Å²) in [5.41, 5.74) is 1.68. The van der Waals surface area contributed by atoms with Crippen LogP contribution in [-0.2, 0) is 37.9 Å². The maximum Gasteiger partial charge on any atom is 0.187 e. The Kier molecular flexibility index (Phi) is 12.0. The van der Waals surface area contributed by atoms with Crippen LogP contribution in [0.15, 0.2) is 23.8 Å². The summed E-state index contributed by atoms with van der Waals surface area (Å²) in [6.45, 7) is 16.5. The number of aliphatic hydroxyl groups excluding tert-OH is 8. The lowest BCUT2D eigenvalue weighted by Gasteiger charge is -2.61. The predicted molar refractivity (Wildman–Crippen MR) is 213 cm³/mol. The molecular weight excluding hydrogens is 796 g/mol. The first-order valence-corrected chi connectivity index (χ1v) is 22.8. The van der Waals surface area contributed by atoms with Crippen molar-refractivity contribution in [3.05, 3.63) is 23.8 Å². The highest BCUT2D eigenvalue weighted by atomic mass is 16.8. The molecule has 8 fully saturated rings. The fourth-order valence-corrected chi connectivity index (χ4v) is 13.8. The third-order valence-electron chi connectivity index (χ3n) is 17.5. The molecule has 1 spiro atoms. The van der Waals surface area contributed by atoms with E-state index in [1.807, 2.05) is 0 Å². The summed E-state index contributed by atoms with van der Waals surface area (Å²) in [4.78, 5) is 0. The van der Waals surface area contributed by atoms with E-state index in [-0.39, 0.29) is 23.4 Å². The fraction of sp³-hybridized carbons (Fsp3) is 0.911. The molecular formula is C45H70O16. The highest BCUT2D eigenvalue weighted by molar-refractivity contribution is 5.29. The number of aliphatic hydroxyl groups is 8. The van der Waals surface area contributed by atoms with Gasteiger partial charge in [-0.15, -0.1) is 0 Å². The van der Waals surface area contributed by atoms with Gasteiger partial charge in [-0.2, -0.15) is 0 Å². The Hall–Kier alpha value is -1.16. The molecule has 9 aliphatic rings. The Morgan fingerprint density at radius 3 is 1.92 bits per heavy atom. The minimum atomic E-state index is -1.68. The molecule has 0 aromatic rings. The SMILES string of the molecule is C=C1CC[C@]2(OC1)O[C@@H]1CC3C4CC=C5C[C@H](O[C@H]6O[C@H](C)[C@@H](O)[C@H](O)[C@@H]6O)C[C@H](O[C@H]6O[C@@H](C)[C@@H](O)[C@@H](O)[C@@H]6O[C@H]6O[C@H](C)[C@@H](O)[C@H](O)[C@@H]6O)[C@@]5(C)C4CC[C@@]3(C)[C@@H]1[C@H]2C. The summed E-state index contributed by atoms with van der Waals surface area (Å²) in [6.07, 6.45) is -12.4. The van der Waals surface area contributed by atoms with Crippen molar-refractivity contribution in [2.75, 3.05) is 6.61 Å². The van der Waals surface area contributed by atoms with Crippen LogP contribution < -0.4 is 0 Å². The van der Waals surface area contributed by atoms with E-state index in [9.17, 15) is 40.9 Å². The second-order valence-corrected chi connectivity index (χ2v) is 20.7. The van der Waals surface area contributed by atoms with E-state index in [1.165, 1.54) is 6.92 Å². The number of rotatable bonds is 6. The monoisotopic (exact) mass is 866 g/mol. The number of ether oxygens (including phenoxy) is 8. The third kappa shape index (κ3) is 7.17. The summed E-state index contributed by atoms with van der Waals surface area (Å²) in [6, 6.07) is 0. The van der Waals surface area contributed by atoms with Crippen molar-refractivity contribution >= 4 is 0 Å². The van der Waals surface area contributed by atoms with Crippen molar-refractivity contribution in [1.29, 1.82) is 0 Å². The van der Waals surface area contributed by atoms with Crippen LogP contribution in [-0.4, -0.2) is 164 Å². The van der Waals surface area contributed by atoms with Gasteiger partial charge in [-0.05, 0) is 88.4 Å². The average molecular weight is 867 g/mol. The molecule has 61 heavy (non-hydrogen) atoms. The van der Waals surface area contributed by atoms with Gasteiger partial charge in [0.2, 0.25) is 0 Å². The van der Waals surface area contributed by atoms with Gasteiger partial charge in [0.25, 0.3) is 0 Å². The maximum absolute atomic E-state index is 11.6. The molecule has 346 valence electrons. The van der Waals surface area contributed by atoms with E-state index in [1.54, 1.807) is 13.8 Å². The van der Waals surface area contributed by atoms with Gasteiger partial charge in [-0.25, -0.2) is 0 Å². The lowest BCUT2D eigenvalue weighted by molar-refractivity contribution is -0.373. The van der Waals surface area contributed by atoms with E-state index >= 15 is 0 Å². The number of hydrogen-bond acceptors (Lipinski definition) is 16. The van der Waals surface area contributed by atoms with Crippen molar-refractivity contribution < 1.29 is 78.7 Å². The van der Waals surface area contributed by atoms with Crippen molar-refractivity contribution in [2.24, 2.45) is 40.4 Å². The summed E-state index contributed by atoms with van der Waals surface area (Å²) in [5.74, 6) is 0.839. The molecule has 0 aromatic carbocycles. The number of hydrogen-bond donors (Lipinski definition) is 8. The molecule has 5 saturated heterocycles. The molecule has 26 atom stereocenters. The van der Waals surface area contributed by atoms with Gasteiger partial charge in [-0.1, -0.05) is 44.6 Å². The Bertz CT molecular complexity index is 1650. The molecule has 16 nitrogen and oxygen atoms in total. The molecule has 16 heteroatoms. The molecule has 0 bridgehead atoms. The smallest absolute Gasteiger partial charge is 0.187 e. The van der Waals surface area contributed by atoms with Crippen LogP contribution in [0.1, 0.15) is 92.9 Å². The van der Waals surface area contributed by atoms with Crippen LogP contribution in [0.5, 0.6) is 0 Å². The Balaban J connectivity index is 1.02. The largest absolute Gasteiger partial charge is 0.388 e. The number of fused-ring (bicyclic) bond motifs is 7. The standard InChI is InChI=1S/C45H70O16/c1-18-10-13-45(54-17-18)19(2)30-28(61-45)16-27-25-9-8-23-14-24(58-40-37(52)34(49)31(46)20(3)55-40)15-29(44(23,7)26(25)11-12-43(27,30)6)59-42-39(36(51)33(48)22(5)57-42)60-41-38(53)35(50)32(47)21(4)56-41/h8,19-22,24-42,46-53H,1,9-17H2,2-7H3/t19-,20-,21-,22+,24+,25?,26?,27?,28-,29+,30-,31-,32-,33-,34+,35+,36-,37+,38+,39+,40-,41-,42-,43-,44-,45+/m1/s1. The van der Waals surface area contributed by atoms with Gasteiger partial charge in [0.1, 0.15) is 54.9 Å². The van der Waals surface area contributed by atoms with Crippen molar-refractivity contribution in [3.63, 3.8) is 0 Å². The third-order valence-corrected chi connectivity index (χ3v) is 17.5. The second kappa shape index (κ2) is 16.3. The second-order valence-electron chi connectivity index (χ2n) is 20.7. The van der Waals surface area contributed by atoms with E-state index in [0.717, 1.165) is 49.7 Å². The molecule has 8 N–H and O–H groups in total. The van der Waals surface area contributed by atoms with E-state index in [2.05, 4.69) is 33.4 Å². The average Bonchev–Trinajstić information content (AvgIpc) is 3.67. The highest BCUT2D eigenvalue weighted by Gasteiger charge is 2.70.